The number of benzene rings is 2. The van der Waals surface area contributed by atoms with Crippen LogP contribution in [-0.2, 0) is 27.8 Å². The topological polar surface area (TPSA) is 94.6 Å². The molecule has 0 bridgehead atoms. The van der Waals surface area contributed by atoms with E-state index in [9.17, 15) is 13.2 Å². The first kappa shape index (κ1) is 25.9. The average molecular weight is 528 g/mol. The first-order valence-corrected chi connectivity index (χ1v) is 14.0. The van der Waals surface area contributed by atoms with Gasteiger partial charge in [0.2, 0.25) is 15.9 Å². The van der Waals surface area contributed by atoms with Crippen molar-refractivity contribution in [1.29, 1.82) is 0 Å². The molecule has 36 heavy (non-hydrogen) atoms. The van der Waals surface area contributed by atoms with Crippen molar-refractivity contribution in [3.63, 3.8) is 0 Å². The predicted octanol–water partition coefficient (Wildman–Crippen LogP) is 3.16. The lowest BCUT2D eigenvalue weighted by Gasteiger charge is -2.38. The molecule has 190 valence electrons. The van der Waals surface area contributed by atoms with Gasteiger partial charge in [0.25, 0.3) is 0 Å². The molecule has 1 saturated heterocycles. The zero-order chi connectivity index (χ0) is 25.5. The number of sulfonamides is 1. The first-order valence-electron chi connectivity index (χ1n) is 11.8. The van der Waals surface area contributed by atoms with Gasteiger partial charge in [-0.1, -0.05) is 41.9 Å². The molecular weight excluding hydrogens is 498 g/mol. The van der Waals surface area contributed by atoms with Crippen LogP contribution in [0.3, 0.4) is 0 Å². The minimum atomic E-state index is -3.40. The van der Waals surface area contributed by atoms with Gasteiger partial charge in [-0.15, -0.1) is 0 Å². The number of halogens is 1. The monoisotopic (exact) mass is 527 g/mol. The Bertz CT molecular complexity index is 1260. The highest BCUT2D eigenvalue weighted by molar-refractivity contribution is 7.92. The summed E-state index contributed by atoms with van der Waals surface area (Å²) in [6.45, 7) is 2.75. The van der Waals surface area contributed by atoms with Crippen molar-refractivity contribution in [3.8, 4) is 0 Å². The van der Waals surface area contributed by atoms with Gasteiger partial charge in [-0.05, 0) is 48.4 Å². The van der Waals surface area contributed by atoms with Crippen molar-refractivity contribution >= 4 is 38.9 Å². The second kappa shape index (κ2) is 11.7. The molecule has 1 fully saturated rings. The molecule has 2 aromatic carbocycles. The van der Waals surface area contributed by atoms with Crippen LogP contribution in [0.1, 0.15) is 11.3 Å². The van der Waals surface area contributed by atoms with E-state index in [4.69, 9.17) is 11.6 Å². The van der Waals surface area contributed by atoms with Gasteiger partial charge in [0.05, 0.1) is 29.4 Å². The molecule has 1 aliphatic heterocycles. The summed E-state index contributed by atoms with van der Waals surface area (Å²) in [6, 6.07) is 20.2. The number of piperazine rings is 1. The summed E-state index contributed by atoms with van der Waals surface area (Å²) < 4.78 is 26.2. The van der Waals surface area contributed by atoms with Gasteiger partial charge in [-0.3, -0.25) is 19.8 Å². The zero-order valence-electron chi connectivity index (χ0n) is 20.1. The molecule has 1 amide bonds. The molecular formula is C26H30ClN5O3S. The molecule has 1 atom stereocenters. The van der Waals surface area contributed by atoms with Crippen molar-refractivity contribution in [1.82, 2.24) is 15.2 Å². The number of carbonyl (C=O) groups is 1. The maximum absolute atomic E-state index is 13.6. The van der Waals surface area contributed by atoms with Crippen LogP contribution in [0.4, 0.5) is 11.4 Å². The van der Waals surface area contributed by atoms with E-state index in [0.29, 0.717) is 49.9 Å². The van der Waals surface area contributed by atoms with Crippen molar-refractivity contribution in [3.05, 3.63) is 89.2 Å². The first-order chi connectivity index (χ1) is 17.3. The van der Waals surface area contributed by atoms with Crippen molar-refractivity contribution < 1.29 is 13.2 Å². The number of aromatic nitrogens is 1. The van der Waals surface area contributed by atoms with Gasteiger partial charge in [0, 0.05) is 43.9 Å². The number of nitrogens with one attached hydrogen (secondary N) is 2. The predicted molar refractivity (Wildman–Crippen MR) is 144 cm³/mol. The SMILES string of the molecule is CS(=O)(=O)Nc1ccccc1N1CCN(C(=O)[C@@H](Cc2ccc(Cl)cc2)NCc2ccccn2)CC1. The molecule has 0 unspecified atom stereocenters. The summed E-state index contributed by atoms with van der Waals surface area (Å²) in [4.78, 5) is 21.9. The number of hydrogen-bond donors (Lipinski definition) is 2. The summed E-state index contributed by atoms with van der Waals surface area (Å²) in [5, 5.41) is 4.05. The lowest BCUT2D eigenvalue weighted by Crippen LogP contribution is -2.54. The second-order valence-electron chi connectivity index (χ2n) is 8.79. The number of para-hydroxylation sites is 2. The van der Waals surface area contributed by atoms with E-state index in [-0.39, 0.29) is 5.91 Å². The molecule has 3 aromatic rings. The van der Waals surface area contributed by atoms with Crippen LogP contribution in [0.2, 0.25) is 5.02 Å². The van der Waals surface area contributed by atoms with Crippen LogP contribution in [-0.4, -0.2) is 62.7 Å². The number of pyridine rings is 1. The van der Waals surface area contributed by atoms with E-state index in [1.54, 1.807) is 18.3 Å². The Morgan fingerprint density at radius 2 is 1.69 bits per heavy atom. The number of nitrogens with zero attached hydrogens (tertiary/aromatic N) is 3. The molecule has 4 rings (SSSR count). The standard InChI is InChI=1S/C26H30ClN5O3S/c1-36(34,35)30-23-7-2-3-8-25(23)31-14-16-32(17-15-31)26(33)24(18-20-9-11-21(27)12-10-20)29-19-22-6-4-5-13-28-22/h2-13,24,29-30H,14-19H2,1H3/t24-/m1/s1. The van der Waals surface area contributed by atoms with Gasteiger partial charge in [0.15, 0.2) is 0 Å². The van der Waals surface area contributed by atoms with Crippen LogP contribution < -0.4 is 14.9 Å². The molecule has 0 spiro atoms. The summed E-state index contributed by atoms with van der Waals surface area (Å²) in [5.41, 5.74) is 3.23. The molecule has 10 heteroatoms. The van der Waals surface area contributed by atoms with Crippen LogP contribution >= 0.6 is 11.6 Å². The highest BCUT2D eigenvalue weighted by Crippen LogP contribution is 2.27. The molecule has 1 aliphatic rings. The minimum absolute atomic E-state index is 0.0306. The Kier molecular flexibility index (Phi) is 8.45. The lowest BCUT2D eigenvalue weighted by atomic mass is 10.0. The van der Waals surface area contributed by atoms with Gasteiger partial charge < -0.3 is 9.80 Å². The molecule has 2 N–H and O–H groups in total. The summed E-state index contributed by atoms with van der Waals surface area (Å²) >= 11 is 6.04. The number of anilines is 2. The molecule has 0 radical (unpaired) electrons. The fraction of sp³-hybridized carbons (Fsp3) is 0.308. The Hall–Kier alpha value is -3.14. The number of hydrogen-bond acceptors (Lipinski definition) is 6. The van der Waals surface area contributed by atoms with E-state index in [1.165, 1.54) is 0 Å². The van der Waals surface area contributed by atoms with Crippen LogP contribution in [0.15, 0.2) is 72.9 Å². The average Bonchev–Trinajstić information content (AvgIpc) is 2.87. The maximum atomic E-state index is 13.6. The maximum Gasteiger partial charge on any atom is 0.240 e. The fourth-order valence-electron chi connectivity index (χ4n) is 4.26. The van der Waals surface area contributed by atoms with Crippen molar-refractivity contribution in [2.24, 2.45) is 0 Å². The third-order valence-corrected chi connectivity index (χ3v) is 6.88. The molecule has 1 aromatic heterocycles. The summed E-state index contributed by atoms with van der Waals surface area (Å²) in [5.74, 6) is 0.0306. The summed E-state index contributed by atoms with van der Waals surface area (Å²) in [6.07, 6.45) is 3.41. The Balaban J connectivity index is 1.44. The zero-order valence-corrected chi connectivity index (χ0v) is 21.7. The smallest absolute Gasteiger partial charge is 0.240 e. The van der Waals surface area contributed by atoms with E-state index < -0.39 is 16.1 Å². The minimum Gasteiger partial charge on any atom is -0.366 e. The quantitative estimate of drug-likeness (QED) is 0.444. The van der Waals surface area contributed by atoms with E-state index in [1.807, 2.05) is 59.5 Å². The third kappa shape index (κ3) is 7.19. The normalized spacial score (nSPS) is 14.9. The number of amides is 1. The number of rotatable bonds is 9. The lowest BCUT2D eigenvalue weighted by molar-refractivity contribution is -0.133. The molecule has 0 saturated carbocycles. The highest BCUT2D eigenvalue weighted by atomic mass is 35.5. The fourth-order valence-corrected chi connectivity index (χ4v) is 4.96. The molecule has 2 heterocycles. The largest absolute Gasteiger partial charge is 0.366 e. The summed E-state index contributed by atoms with van der Waals surface area (Å²) in [7, 11) is -3.40. The van der Waals surface area contributed by atoms with Gasteiger partial charge in [0.1, 0.15) is 0 Å². The van der Waals surface area contributed by atoms with Crippen LogP contribution in [0.25, 0.3) is 0 Å². The molecule has 8 nitrogen and oxygen atoms in total. The van der Waals surface area contributed by atoms with Gasteiger partial charge in [-0.25, -0.2) is 8.42 Å². The highest BCUT2D eigenvalue weighted by Gasteiger charge is 2.28. The Morgan fingerprint density at radius 1 is 1.00 bits per heavy atom. The number of carbonyl (C=O) groups excluding carboxylic acids is 1. The third-order valence-electron chi connectivity index (χ3n) is 6.04. The van der Waals surface area contributed by atoms with Crippen molar-refractivity contribution in [2.75, 3.05) is 42.1 Å². The van der Waals surface area contributed by atoms with Crippen LogP contribution in [0, 0.1) is 0 Å². The van der Waals surface area contributed by atoms with E-state index in [0.717, 1.165) is 23.2 Å². The Labute approximate surface area is 217 Å². The van der Waals surface area contributed by atoms with Gasteiger partial charge in [-0.2, -0.15) is 0 Å². The van der Waals surface area contributed by atoms with Crippen LogP contribution in [0.5, 0.6) is 0 Å². The van der Waals surface area contributed by atoms with E-state index in [2.05, 4.69) is 19.9 Å². The van der Waals surface area contributed by atoms with Gasteiger partial charge >= 0.3 is 0 Å². The van der Waals surface area contributed by atoms with Crippen molar-refractivity contribution in [2.45, 2.75) is 19.0 Å². The second-order valence-corrected chi connectivity index (χ2v) is 11.0. The Morgan fingerprint density at radius 3 is 2.36 bits per heavy atom. The van der Waals surface area contributed by atoms with E-state index >= 15 is 0 Å². The molecule has 0 aliphatic carbocycles.